The van der Waals surface area contributed by atoms with Crippen LogP contribution in [0.3, 0.4) is 0 Å². The van der Waals surface area contributed by atoms with Gasteiger partial charge in [0.15, 0.2) is 0 Å². The van der Waals surface area contributed by atoms with E-state index in [0.29, 0.717) is 4.58 Å². The van der Waals surface area contributed by atoms with Crippen molar-refractivity contribution >= 4 is 34.4 Å². The molecule has 3 aromatic carbocycles. The van der Waals surface area contributed by atoms with Gasteiger partial charge in [-0.2, -0.15) is 0 Å². The van der Waals surface area contributed by atoms with Crippen molar-refractivity contribution in [2.45, 2.75) is 14.4 Å². The fourth-order valence-corrected chi connectivity index (χ4v) is 5.60. The van der Waals surface area contributed by atoms with Gasteiger partial charge in [0, 0.05) is 28.0 Å². The lowest BCUT2D eigenvalue weighted by atomic mass is 10.2. The molecular weight excluding hydrogens is 342 g/mol. The summed E-state index contributed by atoms with van der Waals surface area (Å²) in [6.45, 7) is 0. The lowest BCUT2D eigenvalue weighted by molar-refractivity contribution is 0.904. The Labute approximate surface area is 157 Å². The van der Waals surface area contributed by atoms with Gasteiger partial charge in [-0.15, -0.1) is 23.5 Å². The lowest BCUT2D eigenvalue weighted by Crippen LogP contribution is -1.99. The van der Waals surface area contributed by atoms with E-state index >= 15 is 0 Å². The van der Waals surface area contributed by atoms with E-state index in [1.165, 1.54) is 26.4 Å². The first-order valence-corrected chi connectivity index (χ1v) is 10.0. The molecule has 0 aliphatic rings. The van der Waals surface area contributed by atoms with E-state index in [2.05, 4.69) is 103 Å². The molecule has 25 heavy (non-hydrogen) atoms. The first-order valence-electron chi connectivity index (χ1n) is 8.29. The third-order valence-corrected chi connectivity index (χ3v) is 6.78. The maximum atomic E-state index is 2.33. The number of hydrogen-bond donors (Lipinski definition) is 0. The minimum absolute atomic E-state index is 0.294. The Hall–Kier alpha value is -2.10. The molecule has 0 N–H and O–H groups in total. The maximum absolute atomic E-state index is 2.33. The van der Waals surface area contributed by atoms with Crippen LogP contribution in [0.1, 0.15) is 10.3 Å². The molecule has 0 saturated carbocycles. The number of rotatable bonds is 5. The molecule has 0 unspecified atom stereocenters. The van der Waals surface area contributed by atoms with Gasteiger partial charge in [0.1, 0.15) is 0 Å². The van der Waals surface area contributed by atoms with E-state index in [1.807, 2.05) is 23.5 Å². The molecule has 3 heteroatoms. The second kappa shape index (κ2) is 7.42. The van der Waals surface area contributed by atoms with Crippen molar-refractivity contribution in [3.05, 3.63) is 96.7 Å². The highest BCUT2D eigenvalue weighted by Crippen LogP contribution is 2.47. The zero-order chi connectivity index (χ0) is 17.1. The Balaban J connectivity index is 1.74. The van der Waals surface area contributed by atoms with E-state index < -0.39 is 0 Å². The third-order valence-electron chi connectivity index (χ3n) is 4.20. The van der Waals surface area contributed by atoms with Crippen LogP contribution in [0.25, 0.3) is 10.9 Å². The number of aromatic nitrogens is 1. The minimum Gasteiger partial charge on any atom is -0.346 e. The third kappa shape index (κ3) is 3.63. The summed E-state index contributed by atoms with van der Waals surface area (Å²) in [5.74, 6) is 0. The first kappa shape index (κ1) is 16.4. The van der Waals surface area contributed by atoms with Crippen LogP contribution in [-0.4, -0.2) is 4.57 Å². The summed E-state index contributed by atoms with van der Waals surface area (Å²) in [6.07, 6.45) is 0. The normalized spacial score (nSPS) is 11.3. The van der Waals surface area contributed by atoms with Gasteiger partial charge < -0.3 is 4.57 Å². The van der Waals surface area contributed by atoms with Crippen molar-refractivity contribution in [3.8, 4) is 0 Å². The molecule has 1 nitrogen and oxygen atoms in total. The summed E-state index contributed by atoms with van der Waals surface area (Å²) in [7, 11) is 2.17. The van der Waals surface area contributed by atoms with Crippen LogP contribution < -0.4 is 0 Å². The topological polar surface area (TPSA) is 4.93 Å². The second-order valence-electron chi connectivity index (χ2n) is 5.88. The molecule has 4 rings (SSSR count). The molecule has 0 radical (unpaired) electrons. The van der Waals surface area contributed by atoms with Gasteiger partial charge in [-0.05, 0) is 41.8 Å². The second-order valence-corrected chi connectivity index (χ2v) is 8.54. The van der Waals surface area contributed by atoms with E-state index in [-0.39, 0.29) is 0 Å². The summed E-state index contributed by atoms with van der Waals surface area (Å²) in [6, 6.07) is 32.2. The molecule has 0 amide bonds. The van der Waals surface area contributed by atoms with Gasteiger partial charge in [0.25, 0.3) is 0 Å². The highest BCUT2D eigenvalue weighted by molar-refractivity contribution is 8.16. The number of para-hydroxylation sites is 1. The average molecular weight is 362 g/mol. The Bertz CT molecular complexity index is 920. The van der Waals surface area contributed by atoms with Gasteiger partial charge >= 0.3 is 0 Å². The van der Waals surface area contributed by atoms with Crippen LogP contribution in [0.2, 0.25) is 0 Å². The van der Waals surface area contributed by atoms with Crippen molar-refractivity contribution in [2.24, 2.45) is 7.05 Å². The molecule has 0 spiro atoms. The van der Waals surface area contributed by atoms with Crippen LogP contribution in [0.15, 0.2) is 101 Å². The van der Waals surface area contributed by atoms with Crippen molar-refractivity contribution < 1.29 is 0 Å². The molecule has 1 heterocycles. The molecule has 124 valence electrons. The monoisotopic (exact) mass is 361 g/mol. The Morgan fingerprint density at radius 1 is 0.680 bits per heavy atom. The van der Waals surface area contributed by atoms with E-state index in [9.17, 15) is 0 Å². The van der Waals surface area contributed by atoms with Gasteiger partial charge in [-0.3, -0.25) is 0 Å². The zero-order valence-electron chi connectivity index (χ0n) is 14.0. The number of thioether (sulfide) groups is 2. The highest BCUT2D eigenvalue weighted by atomic mass is 32.2. The van der Waals surface area contributed by atoms with Crippen LogP contribution in [0.5, 0.6) is 0 Å². The fourth-order valence-electron chi connectivity index (χ4n) is 2.93. The fraction of sp³-hybridized carbons (Fsp3) is 0.0909. The largest absolute Gasteiger partial charge is 0.346 e. The summed E-state index contributed by atoms with van der Waals surface area (Å²) in [5, 5.41) is 1.30. The average Bonchev–Trinajstić information content (AvgIpc) is 3.00. The number of fused-ring (bicyclic) bond motifs is 1. The standard InChI is InChI=1S/C22H19NS2/c1-23-20-15-9-8-10-17(20)16-21(23)22(24-18-11-4-2-5-12-18)25-19-13-6-3-7-14-19/h2-16,22H,1H3. The predicted octanol–water partition coefficient (Wildman–Crippen LogP) is 6.76. The number of benzene rings is 3. The van der Waals surface area contributed by atoms with Gasteiger partial charge in [0.2, 0.25) is 0 Å². The van der Waals surface area contributed by atoms with E-state index in [4.69, 9.17) is 0 Å². The number of hydrogen-bond acceptors (Lipinski definition) is 2. The SMILES string of the molecule is Cn1c(C(Sc2ccccc2)Sc2ccccc2)cc2ccccc21. The maximum Gasteiger partial charge on any atom is 0.0996 e. The molecular formula is C22H19NS2. The molecule has 0 saturated heterocycles. The van der Waals surface area contributed by atoms with Crippen LogP contribution in [0, 0.1) is 0 Å². The number of aryl methyl sites for hydroxylation is 1. The minimum atomic E-state index is 0.294. The molecule has 0 fully saturated rings. The van der Waals surface area contributed by atoms with Crippen molar-refractivity contribution in [1.82, 2.24) is 4.57 Å². The molecule has 0 bridgehead atoms. The lowest BCUT2D eigenvalue weighted by Gasteiger charge is -2.18. The first-order chi connectivity index (χ1) is 12.3. The van der Waals surface area contributed by atoms with E-state index in [1.54, 1.807) is 0 Å². The van der Waals surface area contributed by atoms with Crippen LogP contribution in [-0.2, 0) is 7.05 Å². The summed E-state index contributed by atoms with van der Waals surface area (Å²) in [4.78, 5) is 2.59. The van der Waals surface area contributed by atoms with Crippen LogP contribution >= 0.6 is 23.5 Å². The van der Waals surface area contributed by atoms with Gasteiger partial charge in [-0.1, -0.05) is 54.6 Å². The van der Waals surface area contributed by atoms with Crippen molar-refractivity contribution in [2.75, 3.05) is 0 Å². The Morgan fingerprint density at radius 2 is 1.20 bits per heavy atom. The molecule has 0 aliphatic carbocycles. The van der Waals surface area contributed by atoms with Gasteiger partial charge in [-0.25, -0.2) is 0 Å². The summed E-state index contributed by atoms with van der Waals surface area (Å²) in [5.41, 5.74) is 2.62. The molecule has 1 aromatic heterocycles. The summed E-state index contributed by atoms with van der Waals surface area (Å²) >= 11 is 3.82. The zero-order valence-corrected chi connectivity index (χ0v) is 15.6. The van der Waals surface area contributed by atoms with Gasteiger partial charge in [0.05, 0.1) is 4.58 Å². The Kier molecular flexibility index (Phi) is 4.86. The van der Waals surface area contributed by atoms with E-state index in [0.717, 1.165) is 0 Å². The van der Waals surface area contributed by atoms with Crippen molar-refractivity contribution in [1.29, 1.82) is 0 Å². The summed E-state index contributed by atoms with van der Waals surface area (Å²) < 4.78 is 2.62. The van der Waals surface area contributed by atoms with Crippen molar-refractivity contribution in [3.63, 3.8) is 0 Å². The molecule has 4 aromatic rings. The smallest absolute Gasteiger partial charge is 0.0996 e. The molecule has 0 aliphatic heterocycles. The van der Waals surface area contributed by atoms with Crippen LogP contribution in [0.4, 0.5) is 0 Å². The highest BCUT2D eigenvalue weighted by Gasteiger charge is 2.19. The predicted molar refractivity (Wildman–Crippen MR) is 110 cm³/mol. The molecule has 0 atom stereocenters. The quantitative estimate of drug-likeness (QED) is 0.286. The Morgan fingerprint density at radius 3 is 1.76 bits per heavy atom. The number of nitrogens with zero attached hydrogens (tertiary/aromatic N) is 1.